The Hall–Kier alpha value is -3.41. The van der Waals surface area contributed by atoms with Gasteiger partial charge >= 0.3 is 5.97 Å². The third-order valence-electron chi connectivity index (χ3n) is 5.11. The van der Waals surface area contributed by atoms with Crippen molar-refractivity contribution >= 4 is 22.7 Å². The Balaban J connectivity index is 1.65. The van der Waals surface area contributed by atoms with E-state index in [4.69, 9.17) is 5.73 Å². The molecule has 0 saturated carbocycles. The zero-order chi connectivity index (χ0) is 21.5. The average Bonchev–Trinajstić information content (AvgIpc) is 3.14. The quantitative estimate of drug-likeness (QED) is 0.313. The molecule has 0 unspecified atom stereocenters. The van der Waals surface area contributed by atoms with E-state index in [9.17, 15) is 4.79 Å². The number of carbonyl (C=O) groups is 1. The first-order chi connectivity index (χ1) is 14.5. The van der Waals surface area contributed by atoms with Crippen LogP contribution in [0.15, 0.2) is 61.0 Å². The van der Waals surface area contributed by atoms with Gasteiger partial charge in [-0.3, -0.25) is 9.78 Å². The Bertz CT molecular complexity index is 1080. The molecule has 0 saturated heterocycles. The van der Waals surface area contributed by atoms with Crippen LogP contribution in [0.5, 0.6) is 0 Å². The first kappa shape index (κ1) is 21.3. The second-order valence-electron chi connectivity index (χ2n) is 7.34. The average molecular weight is 405 g/mol. The third-order valence-corrected chi connectivity index (χ3v) is 5.11. The number of hydrogen-bond donors (Lipinski definition) is 1. The van der Waals surface area contributed by atoms with E-state index >= 15 is 0 Å². The summed E-state index contributed by atoms with van der Waals surface area (Å²) in [5.41, 5.74) is 11.2. The van der Waals surface area contributed by atoms with Crippen LogP contribution < -0.4 is 5.73 Å². The van der Waals surface area contributed by atoms with Gasteiger partial charge in [-0.25, -0.2) is 4.68 Å². The molecule has 0 aliphatic rings. The molecule has 2 N–H and O–H groups in total. The fourth-order valence-corrected chi connectivity index (χ4v) is 3.41. The topological polar surface area (TPSA) is 83.0 Å². The highest BCUT2D eigenvalue weighted by atomic mass is 16.5. The minimum Gasteiger partial charge on any atom is -0.469 e. The van der Waals surface area contributed by atoms with E-state index in [1.165, 1.54) is 7.11 Å². The SMILES string of the molecule is C=C(/C=C(/N)n1ncc(-c2cnc3ccccc3c2)c1C)CCCCCC(=O)OC. The standard InChI is InChI=1S/C24H28N4O2/c1-17(9-5-4-6-12-24(29)30-3)13-23(25)28-18(2)21(16-27-28)20-14-19-10-7-8-11-22(19)26-15-20/h7-8,10-11,13-16H,1,4-6,9,12,25H2,2-3H3/b23-13-. The zero-order valence-electron chi connectivity index (χ0n) is 17.6. The summed E-state index contributed by atoms with van der Waals surface area (Å²) in [6.07, 6.45) is 9.54. The molecule has 0 aliphatic heterocycles. The summed E-state index contributed by atoms with van der Waals surface area (Å²) in [6.45, 7) is 6.09. The molecule has 0 atom stereocenters. The molecule has 6 nitrogen and oxygen atoms in total. The summed E-state index contributed by atoms with van der Waals surface area (Å²) in [6, 6.07) is 10.2. The number of para-hydroxylation sites is 1. The fraction of sp³-hybridized carbons (Fsp3) is 0.292. The van der Waals surface area contributed by atoms with Crippen LogP contribution in [0.1, 0.15) is 37.8 Å². The molecule has 3 aromatic rings. The smallest absolute Gasteiger partial charge is 0.305 e. The van der Waals surface area contributed by atoms with Gasteiger partial charge in [0.2, 0.25) is 0 Å². The van der Waals surface area contributed by atoms with Gasteiger partial charge in [0.1, 0.15) is 5.82 Å². The maximum Gasteiger partial charge on any atom is 0.305 e. The van der Waals surface area contributed by atoms with E-state index in [1.54, 1.807) is 4.68 Å². The second-order valence-corrected chi connectivity index (χ2v) is 7.34. The Morgan fingerprint density at radius 2 is 1.97 bits per heavy atom. The summed E-state index contributed by atoms with van der Waals surface area (Å²) in [5.74, 6) is 0.372. The van der Waals surface area contributed by atoms with Crippen molar-refractivity contribution in [2.75, 3.05) is 7.11 Å². The minimum atomic E-state index is -0.162. The van der Waals surface area contributed by atoms with Gasteiger partial charge in [0.25, 0.3) is 0 Å². The molecule has 2 heterocycles. The highest BCUT2D eigenvalue weighted by molar-refractivity contribution is 5.83. The Morgan fingerprint density at radius 1 is 1.20 bits per heavy atom. The highest BCUT2D eigenvalue weighted by Gasteiger charge is 2.11. The van der Waals surface area contributed by atoms with Crippen LogP contribution in [0.25, 0.3) is 27.9 Å². The number of nitrogens with zero attached hydrogens (tertiary/aromatic N) is 3. The molecule has 0 bridgehead atoms. The lowest BCUT2D eigenvalue weighted by Gasteiger charge is -2.08. The molecule has 156 valence electrons. The molecule has 0 spiro atoms. The number of carbonyl (C=O) groups excluding carboxylic acids is 1. The Kier molecular flexibility index (Phi) is 7.01. The van der Waals surface area contributed by atoms with Crippen molar-refractivity contribution < 1.29 is 9.53 Å². The van der Waals surface area contributed by atoms with Crippen LogP contribution >= 0.6 is 0 Å². The van der Waals surface area contributed by atoms with Gasteiger partial charge in [-0.2, -0.15) is 5.10 Å². The summed E-state index contributed by atoms with van der Waals surface area (Å²) in [5, 5.41) is 5.56. The molecule has 2 aromatic heterocycles. The van der Waals surface area contributed by atoms with Crippen molar-refractivity contribution in [2.24, 2.45) is 5.73 Å². The molecule has 0 fully saturated rings. The molecular formula is C24H28N4O2. The molecule has 0 radical (unpaired) electrons. The van der Waals surface area contributed by atoms with Crippen LogP contribution in [-0.2, 0) is 9.53 Å². The number of esters is 1. The highest BCUT2D eigenvalue weighted by Crippen LogP contribution is 2.26. The van der Waals surface area contributed by atoms with Crippen molar-refractivity contribution in [1.29, 1.82) is 0 Å². The lowest BCUT2D eigenvalue weighted by Crippen LogP contribution is -2.10. The van der Waals surface area contributed by atoms with Gasteiger partial charge < -0.3 is 10.5 Å². The minimum absolute atomic E-state index is 0.162. The lowest BCUT2D eigenvalue weighted by atomic mass is 10.1. The number of hydrogen-bond acceptors (Lipinski definition) is 5. The van der Waals surface area contributed by atoms with E-state index in [1.807, 2.05) is 43.6 Å². The van der Waals surface area contributed by atoms with Crippen LogP contribution in [0.4, 0.5) is 0 Å². The Labute approximate surface area is 177 Å². The Morgan fingerprint density at radius 3 is 2.77 bits per heavy atom. The molecule has 1 aromatic carbocycles. The van der Waals surface area contributed by atoms with Gasteiger partial charge in [-0.15, -0.1) is 0 Å². The number of allylic oxidation sites excluding steroid dienone is 2. The fourth-order valence-electron chi connectivity index (χ4n) is 3.41. The lowest BCUT2D eigenvalue weighted by molar-refractivity contribution is -0.140. The molecule has 0 aliphatic carbocycles. The maximum absolute atomic E-state index is 11.1. The number of benzene rings is 1. The summed E-state index contributed by atoms with van der Waals surface area (Å²) in [4.78, 5) is 15.7. The number of ether oxygens (including phenoxy) is 1. The van der Waals surface area contributed by atoms with Crippen molar-refractivity contribution in [1.82, 2.24) is 14.8 Å². The number of aromatic nitrogens is 3. The van der Waals surface area contributed by atoms with Crippen molar-refractivity contribution in [3.63, 3.8) is 0 Å². The van der Waals surface area contributed by atoms with E-state index in [2.05, 4.69) is 33.5 Å². The second kappa shape index (κ2) is 9.87. The number of methoxy groups -OCH3 is 1. The van der Waals surface area contributed by atoms with Crippen molar-refractivity contribution in [3.8, 4) is 11.1 Å². The van der Waals surface area contributed by atoms with Gasteiger partial charge in [-0.05, 0) is 44.4 Å². The van der Waals surface area contributed by atoms with Crippen LogP contribution in [0.2, 0.25) is 0 Å². The van der Waals surface area contributed by atoms with Crippen LogP contribution in [0.3, 0.4) is 0 Å². The molecule has 30 heavy (non-hydrogen) atoms. The predicted molar refractivity (Wildman–Crippen MR) is 120 cm³/mol. The predicted octanol–water partition coefficient (Wildman–Crippen LogP) is 4.84. The largest absolute Gasteiger partial charge is 0.469 e. The summed E-state index contributed by atoms with van der Waals surface area (Å²) < 4.78 is 6.38. The van der Waals surface area contributed by atoms with Crippen LogP contribution in [0, 0.1) is 6.92 Å². The monoisotopic (exact) mass is 404 g/mol. The molecule has 6 heteroatoms. The molecular weight excluding hydrogens is 376 g/mol. The van der Waals surface area contributed by atoms with E-state index < -0.39 is 0 Å². The summed E-state index contributed by atoms with van der Waals surface area (Å²) >= 11 is 0. The van der Waals surface area contributed by atoms with Crippen molar-refractivity contribution in [3.05, 3.63) is 66.6 Å². The van der Waals surface area contributed by atoms with Gasteiger partial charge in [0.05, 0.1) is 24.5 Å². The molecule has 3 rings (SSSR count). The number of nitrogens with two attached hydrogens (primary N) is 1. The number of pyridine rings is 1. The normalized spacial score (nSPS) is 11.6. The first-order valence-corrected chi connectivity index (χ1v) is 10.1. The van der Waals surface area contributed by atoms with Crippen molar-refractivity contribution in [2.45, 2.75) is 39.0 Å². The maximum atomic E-state index is 11.1. The molecule has 0 amide bonds. The zero-order valence-corrected chi connectivity index (χ0v) is 17.6. The van der Waals surface area contributed by atoms with E-state index in [0.717, 1.165) is 59.0 Å². The number of rotatable bonds is 9. The number of unbranched alkanes of at least 4 members (excludes halogenated alkanes) is 2. The van der Waals surface area contributed by atoms with Crippen LogP contribution in [-0.4, -0.2) is 27.8 Å². The third kappa shape index (κ3) is 5.14. The summed E-state index contributed by atoms with van der Waals surface area (Å²) in [7, 11) is 1.41. The van der Waals surface area contributed by atoms with Gasteiger partial charge in [0.15, 0.2) is 0 Å². The first-order valence-electron chi connectivity index (χ1n) is 10.1. The van der Waals surface area contributed by atoms with Gasteiger partial charge in [-0.1, -0.05) is 36.8 Å². The van der Waals surface area contributed by atoms with Gasteiger partial charge in [0, 0.05) is 29.1 Å². The number of fused-ring (bicyclic) bond motifs is 1. The van der Waals surface area contributed by atoms with E-state index in [-0.39, 0.29) is 5.97 Å². The van der Waals surface area contributed by atoms with E-state index in [0.29, 0.717) is 12.2 Å².